The van der Waals surface area contributed by atoms with Gasteiger partial charge in [-0.2, -0.15) is 5.10 Å². The Hall–Kier alpha value is -4.33. The largest absolute Gasteiger partial charge is 0.497 e. The SMILES string of the molecule is COc1ccc(C(=O)NN=Cc2ccc(OC)c(COc3ccc(C(=O)OCC(C)C)cc3)c2)cc1. The molecule has 0 radical (unpaired) electrons. The minimum Gasteiger partial charge on any atom is -0.497 e. The summed E-state index contributed by atoms with van der Waals surface area (Å²) in [6.07, 6.45) is 1.54. The Labute approximate surface area is 210 Å². The van der Waals surface area contributed by atoms with Crippen LogP contribution in [0.25, 0.3) is 0 Å². The van der Waals surface area contributed by atoms with Crippen molar-refractivity contribution in [3.8, 4) is 17.2 Å². The molecule has 188 valence electrons. The molecular weight excluding hydrogens is 460 g/mol. The fourth-order valence-electron chi connectivity index (χ4n) is 3.14. The molecule has 0 saturated carbocycles. The zero-order valence-electron chi connectivity index (χ0n) is 20.8. The van der Waals surface area contributed by atoms with E-state index in [9.17, 15) is 9.59 Å². The van der Waals surface area contributed by atoms with Gasteiger partial charge in [0.1, 0.15) is 23.9 Å². The maximum absolute atomic E-state index is 12.3. The van der Waals surface area contributed by atoms with E-state index in [1.807, 2.05) is 26.0 Å². The van der Waals surface area contributed by atoms with Gasteiger partial charge < -0.3 is 18.9 Å². The number of nitrogens with one attached hydrogen (secondary N) is 1. The molecule has 3 aromatic rings. The average molecular weight is 491 g/mol. The first-order valence-electron chi connectivity index (χ1n) is 11.4. The molecule has 0 bridgehead atoms. The summed E-state index contributed by atoms with van der Waals surface area (Å²) in [4.78, 5) is 24.3. The van der Waals surface area contributed by atoms with Crippen LogP contribution in [0.2, 0.25) is 0 Å². The number of methoxy groups -OCH3 is 2. The third kappa shape index (κ3) is 7.59. The Kier molecular flexibility index (Phi) is 9.45. The molecule has 0 aliphatic rings. The van der Waals surface area contributed by atoms with Crippen molar-refractivity contribution < 1.29 is 28.5 Å². The molecule has 36 heavy (non-hydrogen) atoms. The third-order valence-electron chi connectivity index (χ3n) is 5.07. The normalized spacial score (nSPS) is 10.8. The second-order valence-corrected chi connectivity index (χ2v) is 8.30. The van der Waals surface area contributed by atoms with E-state index in [1.54, 1.807) is 75.0 Å². The lowest BCUT2D eigenvalue weighted by atomic mass is 10.1. The summed E-state index contributed by atoms with van der Waals surface area (Å²) in [5.74, 6) is 1.51. The van der Waals surface area contributed by atoms with Gasteiger partial charge in [0.25, 0.3) is 5.91 Å². The summed E-state index contributed by atoms with van der Waals surface area (Å²) >= 11 is 0. The van der Waals surface area contributed by atoms with Gasteiger partial charge in [-0.1, -0.05) is 13.8 Å². The number of ether oxygens (including phenoxy) is 4. The number of hydrogen-bond donors (Lipinski definition) is 1. The van der Waals surface area contributed by atoms with Crippen LogP contribution in [0.1, 0.15) is 45.7 Å². The second kappa shape index (κ2) is 12.9. The summed E-state index contributed by atoms with van der Waals surface area (Å²) in [6.45, 7) is 4.58. The number of nitrogens with zero attached hydrogens (tertiary/aromatic N) is 1. The molecule has 0 aliphatic carbocycles. The summed E-state index contributed by atoms with van der Waals surface area (Å²) in [6, 6.07) is 19.0. The first-order chi connectivity index (χ1) is 17.4. The van der Waals surface area contributed by atoms with Crippen molar-refractivity contribution in [1.82, 2.24) is 5.43 Å². The van der Waals surface area contributed by atoms with E-state index in [0.29, 0.717) is 35.0 Å². The molecule has 0 aromatic heterocycles. The van der Waals surface area contributed by atoms with Gasteiger partial charge in [-0.25, -0.2) is 10.2 Å². The number of carbonyl (C=O) groups excluding carboxylic acids is 2. The molecular formula is C28H30N2O6. The highest BCUT2D eigenvalue weighted by atomic mass is 16.5. The van der Waals surface area contributed by atoms with Gasteiger partial charge in [-0.05, 0) is 78.2 Å². The maximum Gasteiger partial charge on any atom is 0.338 e. The highest BCUT2D eigenvalue weighted by Crippen LogP contribution is 2.22. The van der Waals surface area contributed by atoms with Crippen molar-refractivity contribution in [3.63, 3.8) is 0 Å². The minimum atomic E-state index is -0.358. The first kappa shape index (κ1) is 26.3. The summed E-state index contributed by atoms with van der Waals surface area (Å²) < 4.78 is 21.7. The molecule has 3 rings (SSSR count). The monoisotopic (exact) mass is 490 g/mol. The molecule has 8 nitrogen and oxygen atoms in total. The third-order valence-corrected chi connectivity index (χ3v) is 5.07. The predicted molar refractivity (Wildman–Crippen MR) is 137 cm³/mol. The van der Waals surface area contributed by atoms with E-state index in [-0.39, 0.29) is 24.4 Å². The van der Waals surface area contributed by atoms with E-state index in [4.69, 9.17) is 18.9 Å². The number of hydrogen-bond acceptors (Lipinski definition) is 7. The van der Waals surface area contributed by atoms with Crippen LogP contribution in [0.5, 0.6) is 17.2 Å². The van der Waals surface area contributed by atoms with Crippen molar-refractivity contribution in [1.29, 1.82) is 0 Å². The van der Waals surface area contributed by atoms with E-state index in [2.05, 4.69) is 10.5 Å². The van der Waals surface area contributed by atoms with Gasteiger partial charge in [0, 0.05) is 11.1 Å². The molecule has 0 spiro atoms. The summed E-state index contributed by atoms with van der Waals surface area (Å²) in [5, 5.41) is 4.05. The highest BCUT2D eigenvalue weighted by molar-refractivity contribution is 5.95. The quantitative estimate of drug-likeness (QED) is 0.234. The molecule has 0 fully saturated rings. The molecule has 1 amide bonds. The van der Waals surface area contributed by atoms with Gasteiger partial charge >= 0.3 is 5.97 Å². The number of hydrazone groups is 1. The molecule has 8 heteroatoms. The average Bonchev–Trinajstić information content (AvgIpc) is 2.90. The molecule has 3 aromatic carbocycles. The summed E-state index contributed by atoms with van der Waals surface area (Å²) in [5.41, 5.74) is 5.00. The predicted octanol–water partition coefficient (Wildman–Crippen LogP) is 4.86. The Morgan fingerprint density at radius 3 is 2.19 bits per heavy atom. The van der Waals surface area contributed by atoms with Gasteiger partial charge in [0.2, 0.25) is 0 Å². The van der Waals surface area contributed by atoms with E-state index < -0.39 is 0 Å². The Morgan fingerprint density at radius 2 is 1.56 bits per heavy atom. The smallest absolute Gasteiger partial charge is 0.338 e. The second-order valence-electron chi connectivity index (χ2n) is 8.30. The highest BCUT2D eigenvalue weighted by Gasteiger charge is 2.10. The lowest BCUT2D eigenvalue weighted by Gasteiger charge is -2.12. The van der Waals surface area contributed by atoms with Crippen LogP contribution in [0.15, 0.2) is 71.8 Å². The zero-order valence-corrected chi connectivity index (χ0v) is 20.8. The lowest BCUT2D eigenvalue weighted by Crippen LogP contribution is -2.17. The van der Waals surface area contributed by atoms with Crippen LogP contribution < -0.4 is 19.6 Å². The van der Waals surface area contributed by atoms with Crippen molar-refractivity contribution in [3.05, 3.63) is 89.0 Å². The summed E-state index contributed by atoms with van der Waals surface area (Å²) in [7, 11) is 3.15. The van der Waals surface area contributed by atoms with Crippen molar-refractivity contribution in [2.75, 3.05) is 20.8 Å². The molecule has 0 atom stereocenters. The molecule has 0 heterocycles. The molecule has 1 N–H and O–H groups in total. The Morgan fingerprint density at radius 1 is 0.889 bits per heavy atom. The van der Waals surface area contributed by atoms with E-state index in [0.717, 1.165) is 11.1 Å². The number of carbonyl (C=O) groups is 2. The van der Waals surface area contributed by atoms with Crippen LogP contribution in [-0.4, -0.2) is 38.9 Å². The van der Waals surface area contributed by atoms with Crippen LogP contribution in [0.3, 0.4) is 0 Å². The van der Waals surface area contributed by atoms with Crippen LogP contribution >= 0.6 is 0 Å². The van der Waals surface area contributed by atoms with Crippen molar-refractivity contribution in [2.24, 2.45) is 11.0 Å². The van der Waals surface area contributed by atoms with Crippen LogP contribution in [0, 0.1) is 5.92 Å². The van der Waals surface area contributed by atoms with Gasteiger partial charge in [-0.3, -0.25) is 4.79 Å². The van der Waals surface area contributed by atoms with Crippen molar-refractivity contribution >= 4 is 18.1 Å². The minimum absolute atomic E-state index is 0.236. The molecule has 0 saturated heterocycles. The number of esters is 1. The van der Waals surface area contributed by atoms with Crippen LogP contribution in [0.4, 0.5) is 0 Å². The lowest BCUT2D eigenvalue weighted by molar-refractivity contribution is 0.0459. The molecule has 0 aliphatic heterocycles. The van der Waals surface area contributed by atoms with E-state index >= 15 is 0 Å². The fraction of sp³-hybridized carbons (Fsp3) is 0.250. The van der Waals surface area contributed by atoms with Gasteiger partial charge in [0.05, 0.1) is 32.6 Å². The van der Waals surface area contributed by atoms with Gasteiger partial charge in [-0.15, -0.1) is 0 Å². The van der Waals surface area contributed by atoms with Crippen molar-refractivity contribution in [2.45, 2.75) is 20.5 Å². The number of amides is 1. The number of rotatable bonds is 11. The van der Waals surface area contributed by atoms with E-state index in [1.165, 1.54) is 0 Å². The molecule has 0 unspecified atom stereocenters. The maximum atomic E-state index is 12.3. The Balaban J connectivity index is 1.59. The fourth-order valence-corrected chi connectivity index (χ4v) is 3.14. The topological polar surface area (TPSA) is 95.5 Å². The Bertz CT molecular complexity index is 1190. The van der Waals surface area contributed by atoms with Gasteiger partial charge in [0.15, 0.2) is 0 Å². The number of benzene rings is 3. The zero-order chi connectivity index (χ0) is 25.9. The first-order valence-corrected chi connectivity index (χ1v) is 11.4. The van der Waals surface area contributed by atoms with Crippen LogP contribution in [-0.2, 0) is 11.3 Å². The standard InChI is InChI=1S/C28H30N2O6/c1-19(2)17-36-28(32)22-8-12-25(13-9-22)35-18-23-15-20(5-14-26(23)34-4)16-29-30-27(31)21-6-10-24(33-3)11-7-21/h5-16,19H,17-18H2,1-4H3,(H,30,31).